The van der Waals surface area contributed by atoms with Crippen LogP contribution < -0.4 is 10.1 Å². The van der Waals surface area contributed by atoms with E-state index >= 15 is 0 Å². The van der Waals surface area contributed by atoms with Crippen molar-refractivity contribution < 1.29 is 19.1 Å². The van der Waals surface area contributed by atoms with Gasteiger partial charge in [0.1, 0.15) is 5.75 Å². The van der Waals surface area contributed by atoms with E-state index < -0.39 is 5.97 Å². The summed E-state index contributed by atoms with van der Waals surface area (Å²) >= 11 is 0. The standard InChI is InChI=1S/C21H25NO4/c1-4-12-25-21(24)17-6-5-7-18(13-17)22-20(23)14-26-19-10-8-16(9-11-19)15(2)3/h5-11,13,15H,4,12,14H2,1-3H3,(H,22,23). The van der Waals surface area contributed by atoms with E-state index in [2.05, 4.69) is 19.2 Å². The molecule has 0 aliphatic heterocycles. The molecule has 0 heterocycles. The maximum atomic E-state index is 12.1. The lowest BCUT2D eigenvalue weighted by molar-refractivity contribution is -0.118. The van der Waals surface area contributed by atoms with Gasteiger partial charge in [-0.25, -0.2) is 4.79 Å². The minimum atomic E-state index is -0.399. The first-order valence-corrected chi connectivity index (χ1v) is 8.79. The summed E-state index contributed by atoms with van der Waals surface area (Å²) < 4.78 is 10.6. The lowest BCUT2D eigenvalue weighted by Crippen LogP contribution is -2.20. The molecule has 138 valence electrons. The Morgan fingerprint density at radius 2 is 1.81 bits per heavy atom. The molecule has 5 heteroatoms. The van der Waals surface area contributed by atoms with Crippen LogP contribution in [-0.2, 0) is 9.53 Å². The summed E-state index contributed by atoms with van der Waals surface area (Å²) in [5, 5.41) is 2.72. The van der Waals surface area contributed by atoms with Crippen molar-refractivity contribution in [2.24, 2.45) is 0 Å². The van der Waals surface area contributed by atoms with Gasteiger partial charge in [0.25, 0.3) is 5.91 Å². The van der Waals surface area contributed by atoms with Crippen molar-refractivity contribution in [3.8, 4) is 5.75 Å². The second-order valence-electron chi connectivity index (χ2n) is 6.28. The normalized spacial score (nSPS) is 10.5. The van der Waals surface area contributed by atoms with Crippen LogP contribution in [0.15, 0.2) is 48.5 Å². The number of carbonyl (C=O) groups excluding carboxylic acids is 2. The number of nitrogens with one attached hydrogen (secondary N) is 1. The third-order valence-corrected chi connectivity index (χ3v) is 3.74. The second-order valence-corrected chi connectivity index (χ2v) is 6.28. The monoisotopic (exact) mass is 355 g/mol. The molecular formula is C21H25NO4. The first-order valence-electron chi connectivity index (χ1n) is 8.79. The summed E-state index contributed by atoms with van der Waals surface area (Å²) in [4.78, 5) is 23.9. The predicted octanol–water partition coefficient (Wildman–Crippen LogP) is 4.39. The second kappa shape index (κ2) is 9.61. The molecule has 26 heavy (non-hydrogen) atoms. The Morgan fingerprint density at radius 1 is 1.08 bits per heavy atom. The first kappa shape index (κ1) is 19.5. The van der Waals surface area contributed by atoms with Gasteiger partial charge < -0.3 is 14.8 Å². The molecule has 0 unspecified atom stereocenters. The molecule has 2 aromatic carbocycles. The molecule has 0 bridgehead atoms. The lowest BCUT2D eigenvalue weighted by atomic mass is 10.0. The number of rotatable bonds is 8. The Labute approximate surface area is 154 Å². The van der Waals surface area contributed by atoms with E-state index in [9.17, 15) is 9.59 Å². The Balaban J connectivity index is 1.88. The van der Waals surface area contributed by atoms with Gasteiger partial charge in [-0.2, -0.15) is 0 Å². The smallest absolute Gasteiger partial charge is 0.338 e. The third kappa shape index (κ3) is 5.92. The molecule has 1 N–H and O–H groups in total. The Kier molecular flexibility index (Phi) is 7.21. The molecule has 0 saturated heterocycles. The molecule has 2 rings (SSSR count). The van der Waals surface area contributed by atoms with Crippen LogP contribution in [0, 0.1) is 0 Å². The minimum Gasteiger partial charge on any atom is -0.484 e. The average molecular weight is 355 g/mol. The summed E-state index contributed by atoms with van der Waals surface area (Å²) in [6.07, 6.45) is 0.762. The molecule has 0 spiro atoms. The summed E-state index contributed by atoms with van der Waals surface area (Å²) in [7, 11) is 0. The van der Waals surface area contributed by atoms with Crippen molar-refractivity contribution in [3.63, 3.8) is 0 Å². The SMILES string of the molecule is CCCOC(=O)c1cccc(NC(=O)COc2ccc(C(C)C)cc2)c1. The molecule has 0 atom stereocenters. The van der Waals surface area contributed by atoms with E-state index in [0.717, 1.165) is 6.42 Å². The van der Waals surface area contributed by atoms with Gasteiger partial charge in [-0.3, -0.25) is 4.79 Å². The van der Waals surface area contributed by atoms with Crippen molar-refractivity contribution in [1.82, 2.24) is 0 Å². The van der Waals surface area contributed by atoms with Gasteiger partial charge >= 0.3 is 5.97 Å². The number of esters is 1. The quantitative estimate of drug-likeness (QED) is 0.713. The Bertz CT molecular complexity index is 738. The summed E-state index contributed by atoms with van der Waals surface area (Å²) in [6.45, 7) is 6.44. The van der Waals surface area contributed by atoms with Crippen LogP contribution in [0.1, 0.15) is 49.0 Å². The fourth-order valence-corrected chi connectivity index (χ4v) is 2.30. The summed E-state index contributed by atoms with van der Waals surface area (Å²) in [5.74, 6) is 0.395. The van der Waals surface area contributed by atoms with Crippen molar-refractivity contribution in [2.75, 3.05) is 18.5 Å². The van der Waals surface area contributed by atoms with Gasteiger partial charge in [0.2, 0.25) is 0 Å². The summed E-state index contributed by atoms with van der Waals surface area (Å²) in [6, 6.07) is 14.3. The van der Waals surface area contributed by atoms with Gasteiger partial charge in [0.05, 0.1) is 12.2 Å². The number of amides is 1. The fourth-order valence-electron chi connectivity index (χ4n) is 2.30. The predicted molar refractivity (Wildman–Crippen MR) is 102 cm³/mol. The molecule has 0 aliphatic rings. The van der Waals surface area contributed by atoms with E-state index in [1.807, 2.05) is 31.2 Å². The van der Waals surface area contributed by atoms with Crippen LogP contribution in [-0.4, -0.2) is 25.1 Å². The number of hydrogen-bond acceptors (Lipinski definition) is 4. The van der Waals surface area contributed by atoms with Crippen molar-refractivity contribution >= 4 is 17.6 Å². The Morgan fingerprint density at radius 3 is 2.46 bits per heavy atom. The highest BCUT2D eigenvalue weighted by Crippen LogP contribution is 2.18. The number of carbonyl (C=O) groups is 2. The van der Waals surface area contributed by atoms with Gasteiger partial charge in [-0.15, -0.1) is 0 Å². The van der Waals surface area contributed by atoms with Crippen molar-refractivity contribution in [1.29, 1.82) is 0 Å². The zero-order chi connectivity index (χ0) is 18.9. The van der Waals surface area contributed by atoms with Crippen LogP contribution in [0.4, 0.5) is 5.69 Å². The average Bonchev–Trinajstić information content (AvgIpc) is 2.65. The van der Waals surface area contributed by atoms with Gasteiger partial charge in [0, 0.05) is 5.69 Å². The molecule has 0 aromatic heterocycles. The van der Waals surface area contributed by atoms with Gasteiger partial charge in [-0.1, -0.05) is 39.0 Å². The number of hydrogen-bond donors (Lipinski definition) is 1. The van der Waals surface area contributed by atoms with Crippen LogP contribution in [0.25, 0.3) is 0 Å². The minimum absolute atomic E-state index is 0.106. The van der Waals surface area contributed by atoms with Crippen molar-refractivity contribution in [3.05, 3.63) is 59.7 Å². The molecule has 0 saturated carbocycles. The molecule has 0 fully saturated rings. The van der Waals surface area contributed by atoms with E-state index in [4.69, 9.17) is 9.47 Å². The highest BCUT2D eigenvalue weighted by Gasteiger charge is 2.09. The van der Waals surface area contributed by atoms with E-state index in [0.29, 0.717) is 29.5 Å². The van der Waals surface area contributed by atoms with E-state index in [1.54, 1.807) is 24.3 Å². The molecule has 1 amide bonds. The number of benzene rings is 2. The maximum absolute atomic E-state index is 12.1. The van der Waals surface area contributed by atoms with E-state index in [1.165, 1.54) is 5.56 Å². The largest absolute Gasteiger partial charge is 0.484 e. The topological polar surface area (TPSA) is 64.6 Å². The molecule has 2 aromatic rings. The third-order valence-electron chi connectivity index (χ3n) is 3.74. The van der Waals surface area contributed by atoms with Crippen LogP contribution in [0.2, 0.25) is 0 Å². The van der Waals surface area contributed by atoms with Gasteiger partial charge in [0.15, 0.2) is 6.61 Å². The van der Waals surface area contributed by atoms with Gasteiger partial charge in [-0.05, 0) is 48.2 Å². The highest BCUT2D eigenvalue weighted by atomic mass is 16.5. The summed E-state index contributed by atoms with van der Waals surface area (Å²) in [5.41, 5.74) is 2.15. The lowest BCUT2D eigenvalue weighted by Gasteiger charge is -2.10. The number of ether oxygens (including phenoxy) is 2. The molecule has 0 aliphatic carbocycles. The first-order chi connectivity index (χ1) is 12.5. The molecular weight excluding hydrogens is 330 g/mol. The fraction of sp³-hybridized carbons (Fsp3) is 0.333. The van der Waals surface area contributed by atoms with Crippen LogP contribution >= 0.6 is 0 Å². The van der Waals surface area contributed by atoms with E-state index in [-0.39, 0.29) is 12.5 Å². The Hall–Kier alpha value is -2.82. The maximum Gasteiger partial charge on any atom is 0.338 e. The van der Waals surface area contributed by atoms with Crippen LogP contribution in [0.5, 0.6) is 5.75 Å². The molecule has 5 nitrogen and oxygen atoms in total. The number of anilines is 1. The van der Waals surface area contributed by atoms with Crippen LogP contribution in [0.3, 0.4) is 0 Å². The zero-order valence-corrected chi connectivity index (χ0v) is 15.5. The zero-order valence-electron chi connectivity index (χ0n) is 15.5. The van der Waals surface area contributed by atoms with Crippen molar-refractivity contribution in [2.45, 2.75) is 33.1 Å². The molecule has 0 radical (unpaired) electrons. The highest BCUT2D eigenvalue weighted by molar-refractivity contribution is 5.95.